The van der Waals surface area contributed by atoms with Gasteiger partial charge in [0, 0.05) is 10.7 Å². The number of benzene rings is 1. The number of carbonyl (C=O) groups is 1. The van der Waals surface area contributed by atoms with E-state index in [0.717, 1.165) is 28.4 Å². The standard InChI is InChI=1S/C14H17IO3/c1-9-5-3-6-10(13(9)15)14(16)18-12-8-4-7-11(12)17-2/h3,5-6,11-12H,4,7-8H2,1-2H3/t11-,12+/m1/s1. The van der Waals surface area contributed by atoms with Crippen LogP contribution in [0.15, 0.2) is 18.2 Å². The van der Waals surface area contributed by atoms with Crippen LogP contribution in [0.5, 0.6) is 0 Å². The Balaban J connectivity index is 2.10. The summed E-state index contributed by atoms with van der Waals surface area (Å²) in [5.41, 5.74) is 1.75. The van der Waals surface area contributed by atoms with Crippen molar-refractivity contribution in [2.24, 2.45) is 0 Å². The Kier molecular flexibility index (Phi) is 4.61. The van der Waals surface area contributed by atoms with E-state index in [4.69, 9.17) is 9.47 Å². The van der Waals surface area contributed by atoms with Crippen LogP contribution in [0.25, 0.3) is 0 Å². The van der Waals surface area contributed by atoms with Gasteiger partial charge in [-0.15, -0.1) is 0 Å². The molecule has 0 heterocycles. The van der Waals surface area contributed by atoms with Crippen LogP contribution in [0.3, 0.4) is 0 Å². The average Bonchev–Trinajstić information content (AvgIpc) is 2.79. The first kappa shape index (κ1) is 13.8. The predicted molar refractivity (Wildman–Crippen MR) is 77.7 cm³/mol. The second-order valence-electron chi connectivity index (χ2n) is 4.59. The minimum absolute atomic E-state index is 0.0522. The zero-order chi connectivity index (χ0) is 13.1. The fourth-order valence-electron chi connectivity index (χ4n) is 2.30. The molecule has 0 aromatic heterocycles. The van der Waals surface area contributed by atoms with E-state index in [-0.39, 0.29) is 18.2 Å². The van der Waals surface area contributed by atoms with Crippen LogP contribution in [0.1, 0.15) is 35.2 Å². The van der Waals surface area contributed by atoms with Crippen LogP contribution in [-0.2, 0) is 9.47 Å². The van der Waals surface area contributed by atoms with Gasteiger partial charge in [-0.2, -0.15) is 0 Å². The van der Waals surface area contributed by atoms with Crippen LogP contribution in [0.2, 0.25) is 0 Å². The number of rotatable bonds is 3. The molecule has 1 aromatic carbocycles. The zero-order valence-corrected chi connectivity index (χ0v) is 12.8. The van der Waals surface area contributed by atoms with Gasteiger partial charge in [-0.05, 0) is 60.4 Å². The Morgan fingerprint density at radius 1 is 1.33 bits per heavy atom. The van der Waals surface area contributed by atoms with Crippen LogP contribution < -0.4 is 0 Å². The van der Waals surface area contributed by atoms with Gasteiger partial charge in [-0.3, -0.25) is 0 Å². The molecule has 3 nitrogen and oxygen atoms in total. The largest absolute Gasteiger partial charge is 0.456 e. The molecule has 1 aliphatic rings. The number of ether oxygens (including phenoxy) is 2. The summed E-state index contributed by atoms with van der Waals surface area (Å²) in [5.74, 6) is -0.239. The molecule has 2 atom stereocenters. The summed E-state index contributed by atoms with van der Waals surface area (Å²) in [6.07, 6.45) is 2.88. The molecule has 1 aliphatic carbocycles. The van der Waals surface area contributed by atoms with E-state index < -0.39 is 0 Å². The molecule has 0 bridgehead atoms. The summed E-state index contributed by atoms with van der Waals surface area (Å²) in [6, 6.07) is 5.69. The minimum atomic E-state index is -0.239. The van der Waals surface area contributed by atoms with Crippen molar-refractivity contribution in [3.63, 3.8) is 0 Å². The minimum Gasteiger partial charge on any atom is -0.456 e. The lowest BCUT2D eigenvalue weighted by Crippen LogP contribution is -2.28. The fraction of sp³-hybridized carbons (Fsp3) is 0.500. The average molecular weight is 360 g/mol. The molecule has 0 saturated heterocycles. The van der Waals surface area contributed by atoms with Gasteiger partial charge in [0.1, 0.15) is 6.10 Å². The molecule has 1 saturated carbocycles. The number of carbonyl (C=O) groups excluding carboxylic acids is 1. The molecule has 0 N–H and O–H groups in total. The lowest BCUT2D eigenvalue weighted by atomic mass is 10.1. The van der Waals surface area contributed by atoms with Gasteiger partial charge in [-0.1, -0.05) is 12.1 Å². The van der Waals surface area contributed by atoms with E-state index >= 15 is 0 Å². The Labute approximate surface area is 121 Å². The summed E-state index contributed by atoms with van der Waals surface area (Å²) in [7, 11) is 1.67. The van der Waals surface area contributed by atoms with Crippen molar-refractivity contribution in [1.29, 1.82) is 0 Å². The molecular weight excluding hydrogens is 343 g/mol. The summed E-state index contributed by atoms with van der Waals surface area (Å²) < 4.78 is 11.9. The molecule has 2 rings (SSSR count). The van der Waals surface area contributed by atoms with Crippen molar-refractivity contribution in [3.05, 3.63) is 32.9 Å². The van der Waals surface area contributed by atoms with Gasteiger partial charge < -0.3 is 9.47 Å². The van der Waals surface area contributed by atoms with Crippen LogP contribution in [-0.4, -0.2) is 25.3 Å². The maximum absolute atomic E-state index is 12.2. The Morgan fingerprint density at radius 3 is 2.78 bits per heavy atom. The maximum Gasteiger partial charge on any atom is 0.339 e. The van der Waals surface area contributed by atoms with E-state index in [9.17, 15) is 4.79 Å². The third-order valence-corrected chi connectivity index (χ3v) is 4.80. The molecule has 0 radical (unpaired) electrons. The van der Waals surface area contributed by atoms with Crippen molar-refractivity contribution in [2.45, 2.75) is 38.4 Å². The number of hydrogen-bond donors (Lipinski definition) is 0. The highest BCUT2D eigenvalue weighted by Crippen LogP contribution is 2.26. The first-order valence-corrected chi connectivity index (χ1v) is 7.20. The van der Waals surface area contributed by atoms with E-state index in [2.05, 4.69) is 22.6 Å². The Morgan fingerprint density at radius 2 is 2.06 bits per heavy atom. The van der Waals surface area contributed by atoms with E-state index in [1.165, 1.54) is 0 Å². The summed E-state index contributed by atoms with van der Waals surface area (Å²) in [6.45, 7) is 1.99. The van der Waals surface area contributed by atoms with Crippen molar-refractivity contribution in [3.8, 4) is 0 Å². The highest BCUT2D eigenvalue weighted by Gasteiger charge is 2.31. The summed E-state index contributed by atoms with van der Waals surface area (Å²) >= 11 is 2.19. The van der Waals surface area contributed by atoms with E-state index in [0.29, 0.717) is 5.56 Å². The smallest absolute Gasteiger partial charge is 0.339 e. The van der Waals surface area contributed by atoms with Crippen molar-refractivity contribution >= 4 is 28.6 Å². The first-order chi connectivity index (χ1) is 8.63. The summed E-state index contributed by atoms with van der Waals surface area (Å²) in [5, 5.41) is 0. The zero-order valence-electron chi connectivity index (χ0n) is 10.6. The lowest BCUT2D eigenvalue weighted by Gasteiger charge is -2.19. The van der Waals surface area contributed by atoms with Crippen LogP contribution in [0.4, 0.5) is 0 Å². The van der Waals surface area contributed by atoms with Gasteiger partial charge in [-0.25, -0.2) is 4.79 Å². The monoisotopic (exact) mass is 360 g/mol. The van der Waals surface area contributed by atoms with Crippen molar-refractivity contribution in [1.82, 2.24) is 0 Å². The number of esters is 1. The van der Waals surface area contributed by atoms with Crippen LogP contribution >= 0.6 is 22.6 Å². The van der Waals surface area contributed by atoms with E-state index in [1.54, 1.807) is 7.11 Å². The molecule has 18 heavy (non-hydrogen) atoms. The second-order valence-corrected chi connectivity index (χ2v) is 5.66. The Hall–Kier alpha value is -0.620. The second kappa shape index (κ2) is 6.02. The van der Waals surface area contributed by atoms with Crippen LogP contribution in [0, 0.1) is 10.5 Å². The normalized spacial score (nSPS) is 23.1. The van der Waals surface area contributed by atoms with Gasteiger partial charge in [0.25, 0.3) is 0 Å². The third-order valence-electron chi connectivity index (χ3n) is 3.36. The number of halogens is 1. The predicted octanol–water partition coefficient (Wildman–Crippen LogP) is 3.32. The van der Waals surface area contributed by atoms with Gasteiger partial charge in [0.2, 0.25) is 0 Å². The molecule has 98 valence electrons. The molecular formula is C14H17IO3. The lowest BCUT2D eigenvalue weighted by molar-refractivity contribution is -0.0207. The number of aryl methyl sites for hydroxylation is 1. The topological polar surface area (TPSA) is 35.5 Å². The SMILES string of the molecule is CO[C@@H]1CCC[C@@H]1OC(=O)c1cccc(C)c1I. The Bertz CT molecular complexity index is 445. The van der Waals surface area contributed by atoms with E-state index in [1.807, 2.05) is 25.1 Å². The van der Waals surface area contributed by atoms with Gasteiger partial charge >= 0.3 is 5.97 Å². The highest BCUT2D eigenvalue weighted by molar-refractivity contribution is 14.1. The molecule has 0 unspecified atom stereocenters. The molecule has 1 aromatic rings. The van der Waals surface area contributed by atoms with Gasteiger partial charge in [0.05, 0.1) is 11.7 Å². The van der Waals surface area contributed by atoms with Crippen molar-refractivity contribution < 1.29 is 14.3 Å². The third kappa shape index (κ3) is 2.85. The highest BCUT2D eigenvalue weighted by atomic mass is 127. The first-order valence-electron chi connectivity index (χ1n) is 6.12. The maximum atomic E-state index is 12.2. The molecule has 4 heteroatoms. The van der Waals surface area contributed by atoms with Gasteiger partial charge in [0.15, 0.2) is 0 Å². The fourth-order valence-corrected chi connectivity index (χ4v) is 2.88. The molecule has 0 spiro atoms. The molecule has 1 fully saturated rings. The number of methoxy groups -OCH3 is 1. The number of hydrogen-bond acceptors (Lipinski definition) is 3. The summed E-state index contributed by atoms with van der Waals surface area (Å²) in [4.78, 5) is 12.2. The molecule has 0 aliphatic heterocycles. The molecule has 0 amide bonds. The van der Waals surface area contributed by atoms with Crippen molar-refractivity contribution in [2.75, 3.05) is 7.11 Å². The quantitative estimate of drug-likeness (QED) is 0.613.